The standard InChI is InChI=1S/C18H22N2O3S/c1-4-20(5-2)18(21)16-11-13(3)15(12-17(16)24(19,22)23)14-9-7-6-8-10-14/h6-12H,4-5H2,1-3H3,(H2,19,22,23). The van der Waals surface area contributed by atoms with Gasteiger partial charge in [-0.1, -0.05) is 30.3 Å². The Morgan fingerprint density at radius 1 is 1.08 bits per heavy atom. The van der Waals surface area contributed by atoms with E-state index >= 15 is 0 Å². The third-order valence-electron chi connectivity index (χ3n) is 4.00. The van der Waals surface area contributed by atoms with E-state index < -0.39 is 10.0 Å². The van der Waals surface area contributed by atoms with E-state index in [0.29, 0.717) is 13.1 Å². The second kappa shape index (κ2) is 7.15. The van der Waals surface area contributed by atoms with Crippen LogP contribution in [0.2, 0.25) is 0 Å². The van der Waals surface area contributed by atoms with Gasteiger partial charge in [-0.2, -0.15) is 0 Å². The SMILES string of the molecule is CCN(CC)C(=O)c1cc(C)c(-c2ccccc2)cc1S(N)(=O)=O. The van der Waals surface area contributed by atoms with Crippen molar-refractivity contribution >= 4 is 15.9 Å². The Labute approximate surface area is 143 Å². The normalized spacial score (nSPS) is 11.3. The Kier molecular flexibility index (Phi) is 5.41. The number of sulfonamides is 1. The topological polar surface area (TPSA) is 80.5 Å². The smallest absolute Gasteiger partial charge is 0.255 e. The van der Waals surface area contributed by atoms with E-state index in [9.17, 15) is 13.2 Å². The number of nitrogens with two attached hydrogens (primary N) is 1. The van der Waals surface area contributed by atoms with Crippen molar-refractivity contribution in [3.8, 4) is 11.1 Å². The van der Waals surface area contributed by atoms with Crippen LogP contribution in [-0.4, -0.2) is 32.3 Å². The molecule has 5 nitrogen and oxygen atoms in total. The highest BCUT2D eigenvalue weighted by molar-refractivity contribution is 7.89. The molecule has 0 radical (unpaired) electrons. The van der Waals surface area contributed by atoms with Crippen molar-refractivity contribution in [1.82, 2.24) is 4.90 Å². The Hall–Kier alpha value is -2.18. The van der Waals surface area contributed by atoms with Crippen molar-refractivity contribution in [2.24, 2.45) is 5.14 Å². The largest absolute Gasteiger partial charge is 0.339 e. The predicted molar refractivity (Wildman–Crippen MR) is 95.2 cm³/mol. The molecule has 0 saturated heterocycles. The van der Waals surface area contributed by atoms with Crippen molar-refractivity contribution in [1.29, 1.82) is 0 Å². The molecule has 0 fully saturated rings. The fraction of sp³-hybridized carbons (Fsp3) is 0.278. The van der Waals surface area contributed by atoms with Gasteiger partial charge in [0.25, 0.3) is 5.91 Å². The van der Waals surface area contributed by atoms with Gasteiger partial charge in [0.15, 0.2) is 0 Å². The lowest BCUT2D eigenvalue weighted by Gasteiger charge is -2.21. The van der Waals surface area contributed by atoms with Crippen molar-refractivity contribution in [2.75, 3.05) is 13.1 Å². The number of primary sulfonamides is 1. The average molecular weight is 346 g/mol. The van der Waals surface area contributed by atoms with E-state index in [-0.39, 0.29) is 16.4 Å². The van der Waals surface area contributed by atoms with Crippen molar-refractivity contribution in [2.45, 2.75) is 25.7 Å². The number of benzene rings is 2. The Balaban J connectivity index is 2.70. The van der Waals surface area contributed by atoms with Gasteiger partial charge in [0, 0.05) is 13.1 Å². The fourth-order valence-corrected chi connectivity index (χ4v) is 3.44. The molecule has 0 bridgehead atoms. The summed E-state index contributed by atoms with van der Waals surface area (Å²) < 4.78 is 24.1. The number of hydrogen-bond acceptors (Lipinski definition) is 3. The van der Waals surface area contributed by atoms with Gasteiger partial charge in [-0.05, 0) is 49.6 Å². The first-order valence-electron chi connectivity index (χ1n) is 7.81. The molecule has 0 aliphatic heterocycles. The minimum absolute atomic E-state index is 0.124. The van der Waals surface area contributed by atoms with Crippen molar-refractivity contribution in [3.63, 3.8) is 0 Å². The molecule has 2 rings (SSSR count). The van der Waals surface area contributed by atoms with Gasteiger partial charge in [-0.25, -0.2) is 13.6 Å². The third kappa shape index (κ3) is 3.66. The zero-order chi connectivity index (χ0) is 17.9. The molecule has 2 aromatic rings. The molecule has 0 aliphatic carbocycles. The lowest BCUT2D eigenvalue weighted by molar-refractivity contribution is 0.0769. The van der Waals surface area contributed by atoms with Crippen LogP contribution in [0.4, 0.5) is 0 Å². The fourth-order valence-electron chi connectivity index (χ4n) is 2.70. The number of carbonyl (C=O) groups excluding carboxylic acids is 1. The second-order valence-electron chi connectivity index (χ2n) is 5.55. The molecule has 0 unspecified atom stereocenters. The summed E-state index contributed by atoms with van der Waals surface area (Å²) in [7, 11) is -4.02. The number of rotatable bonds is 5. The Bertz CT molecular complexity index is 842. The molecular weight excluding hydrogens is 324 g/mol. The zero-order valence-corrected chi connectivity index (χ0v) is 14.9. The highest BCUT2D eigenvalue weighted by Crippen LogP contribution is 2.29. The maximum atomic E-state index is 12.7. The summed E-state index contributed by atoms with van der Waals surface area (Å²) in [5, 5.41) is 5.38. The number of aryl methyl sites for hydroxylation is 1. The van der Waals surface area contributed by atoms with Crippen LogP contribution in [0.25, 0.3) is 11.1 Å². The first-order chi connectivity index (χ1) is 11.3. The molecule has 128 valence electrons. The number of nitrogens with zero attached hydrogens (tertiary/aromatic N) is 1. The lowest BCUT2D eigenvalue weighted by atomic mass is 9.98. The molecule has 1 amide bonds. The van der Waals surface area contributed by atoms with E-state index in [1.54, 1.807) is 11.0 Å². The lowest BCUT2D eigenvalue weighted by Crippen LogP contribution is -2.32. The van der Waals surface area contributed by atoms with Crippen LogP contribution in [0, 0.1) is 6.92 Å². The monoisotopic (exact) mass is 346 g/mol. The molecule has 2 N–H and O–H groups in total. The summed E-state index contributed by atoms with van der Waals surface area (Å²) in [6.45, 7) is 6.55. The van der Waals surface area contributed by atoms with Crippen LogP contribution in [0.3, 0.4) is 0 Å². The first-order valence-corrected chi connectivity index (χ1v) is 9.36. The quantitative estimate of drug-likeness (QED) is 0.904. The molecule has 0 aromatic heterocycles. The maximum absolute atomic E-state index is 12.7. The highest BCUT2D eigenvalue weighted by atomic mass is 32.2. The van der Waals surface area contributed by atoms with Crippen molar-refractivity contribution < 1.29 is 13.2 Å². The molecule has 0 heterocycles. The highest BCUT2D eigenvalue weighted by Gasteiger charge is 2.24. The summed E-state index contributed by atoms with van der Waals surface area (Å²) in [6, 6.07) is 12.5. The van der Waals surface area contributed by atoms with Gasteiger partial charge < -0.3 is 4.90 Å². The Morgan fingerprint density at radius 3 is 2.17 bits per heavy atom. The summed E-state index contributed by atoms with van der Waals surface area (Å²) in [6.07, 6.45) is 0. The van der Waals surface area contributed by atoms with E-state index in [4.69, 9.17) is 5.14 Å². The maximum Gasteiger partial charge on any atom is 0.255 e. The zero-order valence-electron chi connectivity index (χ0n) is 14.1. The van der Waals surface area contributed by atoms with Gasteiger partial charge in [0.05, 0.1) is 10.5 Å². The van der Waals surface area contributed by atoms with Crippen LogP contribution < -0.4 is 5.14 Å². The molecular formula is C18H22N2O3S. The molecule has 0 spiro atoms. The van der Waals surface area contributed by atoms with Gasteiger partial charge >= 0.3 is 0 Å². The molecule has 0 atom stereocenters. The summed E-state index contributed by atoms with van der Waals surface area (Å²) in [5.41, 5.74) is 2.57. The summed E-state index contributed by atoms with van der Waals surface area (Å²) in [4.78, 5) is 14.1. The molecule has 6 heteroatoms. The molecule has 2 aromatic carbocycles. The Morgan fingerprint density at radius 2 is 1.67 bits per heavy atom. The van der Waals surface area contributed by atoms with E-state index in [2.05, 4.69) is 0 Å². The number of carbonyl (C=O) groups is 1. The van der Waals surface area contributed by atoms with E-state index in [0.717, 1.165) is 16.7 Å². The van der Waals surface area contributed by atoms with Gasteiger partial charge in [0.1, 0.15) is 0 Å². The van der Waals surface area contributed by atoms with Gasteiger partial charge in [-0.3, -0.25) is 4.79 Å². The van der Waals surface area contributed by atoms with Crippen molar-refractivity contribution in [3.05, 3.63) is 53.6 Å². The summed E-state index contributed by atoms with van der Waals surface area (Å²) >= 11 is 0. The molecule has 0 saturated carbocycles. The number of hydrogen-bond donors (Lipinski definition) is 1. The molecule has 24 heavy (non-hydrogen) atoms. The summed E-state index contributed by atoms with van der Waals surface area (Å²) in [5.74, 6) is -0.327. The van der Waals surface area contributed by atoms with Crippen LogP contribution in [0.5, 0.6) is 0 Å². The third-order valence-corrected chi connectivity index (χ3v) is 4.95. The first kappa shape index (κ1) is 18.2. The van der Waals surface area contributed by atoms with Crippen LogP contribution >= 0.6 is 0 Å². The van der Waals surface area contributed by atoms with E-state index in [1.807, 2.05) is 51.1 Å². The van der Waals surface area contributed by atoms with Crippen LogP contribution in [0.1, 0.15) is 29.8 Å². The minimum Gasteiger partial charge on any atom is -0.339 e. The molecule has 0 aliphatic rings. The van der Waals surface area contributed by atoms with Crippen LogP contribution in [-0.2, 0) is 10.0 Å². The predicted octanol–water partition coefficient (Wildman–Crippen LogP) is 2.79. The minimum atomic E-state index is -4.02. The van der Waals surface area contributed by atoms with E-state index in [1.165, 1.54) is 6.07 Å². The average Bonchev–Trinajstić information content (AvgIpc) is 2.55. The second-order valence-corrected chi connectivity index (χ2v) is 7.08. The van der Waals surface area contributed by atoms with Gasteiger partial charge in [-0.15, -0.1) is 0 Å². The van der Waals surface area contributed by atoms with Gasteiger partial charge in [0.2, 0.25) is 10.0 Å². The number of amides is 1. The van der Waals surface area contributed by atoms with Crippen LogP contribution in [0.15, 0.2) is 47.4 Å².